The van der Waals surface area contributed by atoms with E-state index in [-0.39, 0.29) is 5.91 Å². The first-order valence-electron chi connectivity index (χ1n) is 11.1. The number of anilines is 3. The molecule has 0 atom stereocenters. The number of methoxy groups -OCH3 is 1. The Labute approximate surface area is 197 Å². The number of amides is 1. The lowest BCUT2D eigenvalue weighted by molar-refractivity contribution is -0.121. The minimum atomic E-state index is -0.664. The summed E-state index contributed by atoms with van der Waals surface area (Å²) < 4.78 is 25.0. The van der Waals surface area contributed by atoms with Crippen molar-refractivity contribution in [1.29, 1.82) is 0 Å². The third-order valence-corrected chi connectivity index (χ3v) is 6.57. The van der Waals surface area contributed by atoms with Gasteiger partial charge in [0.2, 0.25) is 11.9 Å². The van der Waals surface area contributed by atoms with Gasteiger partial charge in [0.1, 0.15) is 5.75 Å². The molecule has 9 heteroatoms. The van der Waals surface area contributed by atoms with E-state index >= 15 is 0 Å². The van der Waals surface area contributed by atoms with Crippen molar-refractivity contribution in [3.8, 4) is 17.2 Å². The fourth-order valence-electron chi connectivity index (χ4n) is 4.67. The molecule has 0 aliphatic carbocycles. The molecule has 1 amide bonds. The number of aromatic nitrogens is 2. The van der Waals surface area contributed by atoms with Crippen LogP contribution in [0, 0.1) is 5.82 Å². The van der Waals surface area contributed by atoms with Crippen LogP contribution in [0.4, 0.5) is 21.7 Å². The summed E-state index contributed by atoms with van der Waals surface area (Å²) >= 11 is 0. The van der Waals surface area contributed by atoms with Crippen molar-refractivity contribution in [1.82, 2.24) is 9.97 Å². The third kappa shape index (κ3) is 3.76. The first-order valence-corrected chi connectivity index (χ1v) is 11.1. The Hall–Kier alpha value is -3.88. The fraction of sp³-hybridized carbons (Fsp3) is 0.320. The number of ether oxygens (including phenoxy) is 2. The lowest BCUT2D eigenvalue weighted by atomic mass is 9.73. The molecular formula is C25H26FN5O3. The molecule has 3 aromatic rings. The number of hydrogen-bond acceptors (Lipinski definition) is 7. The molecule has 1 N–H and O–H groups in total. The second-order valence-electron chi connectivity index (χ2n) is 8.77. The van der Waals surface area contributed by atoms with Crippen molar-refractivity contribution in [2.24, 2.45) is 0 Å². The third-order valence-electron chi connectivity index (χ3n) is 6.57. The summed E-state index contributed by atoms with van der Waals surface area (Å²) in [6, 6.07) is 11.5. The van der Waals surface area contributed by atoms with Gasteiger partial charge in [-0.05, 0) is 36.6 Å². The number of rotatable bonds is 5. The van der Waals surface area contributed by atoms with E-state index in [1.165, 1.54) is 0 Å². The smallest absolute Gasteiger partial charge is 0.235 e. The maximum absolute atomic E-state index is 13.2. The van der Waals surface area contributed by atoms with E-state index < -0.39 is 11.2 Å². The van der Waals surface area contributed by atoms with Crippen LogP contribution in [-0.4, -0.2) is 50.2 Å². The minimum absolute atomic E-state index is 0.0315. The maximum Gasteiger partial charge on any atom is 0.235 e. The summed E-state index contributed by atoms with van der Waals surface area (Å²) in [5.41, 5.74) is 1.99. The largest absolute Gasteiger partial charge is 0.493 e. The van der Waals surface area contributed by atoms with Gasteiger partial charge in [0, 0.05) is 50.7 Å². The first kappa shape index (κ1) is 21.9. The molecule has 3 heterocycles. The topological polar surface area (TPSA) is 79.8 Å². The number of hydrogen-bond donors (Lipinski definition) is 1. The van der Waals surface area contributed by atoms with E-state index in [9.17, 15) is 9.18 Å². The number of benzene rings is 2. The van der Waals surface area contributed by atoms with Crippen molar-refractivity contribution in [2.75, 3.05) is 49.4 Å². The standard InChI is InChI=1S/C25H26FN5O3/c1-30(2)17-5-4-6-18(11-17)34-22-13-20-19(12-21(22)33-3)25(23(32)29-20)7-9-31(10-8-25)24-27-14-16(26)15-28-24/h4-6,11-15H,7-10H2,1-3H3,(H,29,32). The Morgan fingerprint density at radius 3 is 2.50 bits per heavy atom. The van der Waals surface area contributed by atoms with Crippen LogP contribution in [0.3, 0.4) is 0 Å². The van der Waals surface area contributed by atoms with Gasteiger partial charge < -0.3 is 24.6 Å². The molecule has 0 bridgehead atoms. The average molecular weight is 464 g/mol. The van der Waals surface area contributed by atoms with Crippen LogP contribution < -0.4 is 24.6 Å². The zero-order valence-electron chi connectivity index (χ0n) is 19.3. The highest BCUT2D eigenvalue weighted by molar-refractivity contribution is 6.07. The first-order chi connectivity index (χ1) is 16.4. The van der Waals surface area contributed by atoms with E-state index in [1.807, 2.05) is 60.3 Å². The predicted octanol–water partition coefficient (Wildman–Crippen LogP) is 3.97. The molecule has 34 heavy (non-hydrogen) atoms. The average Bonchev–Trinajstić information content (AvgIpc) is 3.09. The lowest BCUT2D eigenvalue weighted by Gasteiger charge is -2.38. The molecule has 1 aromatic heterocycles. The van der Waals surface area contributed by atoms with Crippen LogP contribution in [0.2, 0.25) is 0 Å². The zero-order valence-corrected chi connectivity index (χ0v) is 19.3. The van der Waals surface area contributed by atoms with Gasteiger partial charge in [0.25, 0.3) is 0 Å². The number of carbonyl (C=O) groups excluding carboxylic acids is 1. The molecule has 1 saturated heterocycles. The Balaban J connectivity index is 1.42. The van der Waals surface area contributed by atoms with Crippen LogP contribution in [-0.2, 0) is 10.2 Å². The Bertz CT molecular complexity index is 1220. The van der Waals surface area contributed by atoms with E-state index in [4.69, 9.17) is 9.47 Å². The number of carbonyl (C=O) groups is 1. The molecule has 0 radical (unpaired) electrons. The summed E-state index contributed by atoms with van der Waals surface area (Å²) in [5, 5.41) is 3.05. The van der Waals surface area contributed by atoms with E-state index in [2.05, 4.69) is 15.3 Å². The molecule has 5 rings (SSSR count). The molecule has 1 spiro atoms. The summed E-state index contributed by atoms with van der Waals surface area (Å²) in [6.07, 6.45) is 3.48. The summed E-state index contributed by atoms with van der Waals surface area (Å²) in [6.45, 7) is 1.16. The molecule has 176 valence electrons. The van der Waals surface area contributed by atoms with E-state index in [0.29, 0.717) is 49.1 Å². The second kappa shape index (κ2) is 8.48. The van der Waals surface area contributed by atoms with Crippen molar-refractivity contribution >= 4 is 23.2 Å². The number of fused-ring (bicyclic) bond motifs is 2. The predicted molar refractivity (Wildman–Crippen MR) is 128 cm³/mol. The second-order valence-corrected chi connectivity index (χ2v) is 8.77. The normalized spacial score (nSPS) is 16.2. The molecule has 0 unspecified atom stereocenters. The highest BCUT2D eigenvalue weighted by atomic mass is 19.1. The monoisotopic (exact) mass is 463 g/mol. The van der Waals surface area contributed by atoms with Crippen molar-refractivity contribution in [3.05, 3.63) is 60.2 Å². The van der Waals surface area contributed by atoms with Crippen molar-refractivity contribution in [2.45, 2.75) is 18.3 Å². The van der Waals surface area contributed by atoms with Crippen LogP contribution in [0.1, 0.15) is 18.4 Å². The van der Waals surface area contributed by atoms with Gasteiger partial charge in [-0.15, -0.1) is 0 Å². The van der Waals surface area contributed by atoms with Gasteiger partial charge >= 0.3 is 0 Å². The van der Waals surface area contributed by atoms with Gasteiger partial charge in [0.15, 0.2) is 17.3 Å². The van der Waals surface area contributed by atoms with Crippen LogP contribution in [0.25, 0.3) is 0 Å². The number of nitrogens with zero attached hydrogens (tertiary/aromatic N) is 4. The Kier molecular flexibility index (Phi) is 5.47. The molecule has 8 nitrogen and oxygen atoms in total. The molecule has 0 saturated carbocycles. The maximum atomic E-state index is 13.2. The van der Waals surface area contributed by atoms with Crippen LogP contribution in [0.15, 0.2) is 48.8 Å². The van der Waals surface area contributed by atoms with Crippen molar-refractivity contribution < 1.29 is 18.7 Å². The van der Waals surface area contributed by atoms with Gasteiger partial charge in [0.05, 0.1) is 24.9 Å². The quantitative estimate of drug-likeness (QED) is 0.613. The van der Waals surface area contributed by atoms with Gasteiger partial charge in [-0.1, -0.05) is 6.07 Å². The van der Waals surface area contributed by atoms with Crippen molar-refractivity contribution in [3.63, 3.8) is 0 Å². The van der Waals surface area contributed by atoms with Crippen LogP contribution in [0.5, 0.6) is 17.2 Å². The number of piperidine rings is 1. The summed E-state index contributed by atoms with van der Waals surface area (Å²) in [5.74, 6) is 1.74. The Morgan fingerprint density at radius 2 is 1.82 bits per heavy atom. The molecule has 1 fully saturated rings. The molecule has 2 aliphatic rings. The molecule has 2 aromatic carbocycles. The lowest BCUT2D eigenvalue weighted by Crippen LogP contribution is -2.47. The highest BCUT2D eigenvalue weighted by Crippen LogP contribution is 2.49. The zero-order chi connectivity index (χ0) is 23.9. The SMILES string of the molecule is COc1cc2c(cc1Oc1cccc(N(C)C)c1)NC(=O)C21CCN(c2ncc(F)cn2)CC1. The molecule has 2 aliphatic heterocycles. The van der Waals surface area contributed by atoms with E-state index in [1.54, 1.807) is 7.11 Å². The van der Waals surface area contributed by atoms with Crippen LogP contribution >= 0.6 is 0 Å². The minimum Gasteiger partial charge on any atom is -0.493 e. The fourth-order valence-corrected chi connectivity index (χ4v) is 4.67. The Morgan fingerprint density at radius 1 is 1.09 bits per heavy atom. The van der Waals surface area contributed by atoms with Gasteiger partial charge in [-0.2, -0.15) is 0 Å². The number of halogens is 1. The highest BCUT2D eigenvalue weighted by Gasteiger charge is 2.49. The summed E-state index contributed by atoms with van der Waals surface area (Å²) in [4.78, 5) is 25.3. The van der Waals surface area contributed by atoms with Gasteiger partial charge in [-0.3, -0.25) is 4.79 Å². The van der Waals surface area contributed by atoms with Gasteiger partial charge in [-0.25, -0.2) is 14.4 Å². The summed E-state index contributed by atoms with van der Waals surface area (Å²) in [7, 11) is 5.53. The number of nitrogens with one attached hydrogen (secondary N) is 1. The molecular weight excluding hydrogens is 437 g/mol. The van der Waals surface area contributed by atoms with E-state index in [0.717, 1.165) is 29.3 Å².